The van der Waals surface area contributed by atoms with Crippen molar-refractivity contribution in [3.63, 3.8) is 0 Å². The molecule has 1 saturated heterocycles. The lowest BCUT2D eigenvalue weighted by molar-refractivity contribution is 0.0933. The maximum absolute atomic E-state index is 12.5. The largest absolute Gasteiger partial charge is 0.497 e. The summed E-state index contributed by atoms with van der Waals surface area (Å²) in [6.45, 7) is 7.53. The van der Waals surface area contributed by atoms with Crippen LogP contribution in [0, 0.1) is 5.92 Å². The Bertz CT molecular complexity index is 1110. The highest BCUT2D eigenvalue weighted by molar-refractivity contribution is 5.97. The van der Waals surface area contributed by atoms with Gasteiger partial charge in [0.2, 0.25) is 0 Å². The zero-order valence-electron chi connectivity index (χ0n) is 20.1. The standard InChI is InChI=1S/C27H35N3O3/c1-19(2)28-27(31)23-9-5-6-10-26(23)33-18-20-8-7-13-30(15-20)17-21-16-29(3)25-12-11-22(32-4)14-24(21)25/h5-6,9-12,14,16,19-20H,7-8,13,15,17-18H2,1-4H3,(H,28,31). The van der Waals surface area contributed by atoms with Gasteiger partial charge in [-0.05, 0) is 69.1 Å². The van der Waals surface area contributed by atoms with Crippen molar-refractivity contribution in [3.8, 4) is 11.5 Å². The molecule has 176 valence electrons. The normalized spacial score (nSPS) is 16.8. The summed E-state index contributed by atoms with van der Waals surface area (Å²) in [4.78, 5) is 15.0. The van der Waals surface area contributed by atoms with E-state index in [-0.39, 0.29) is 11.9 Å². The Kier molecular flexibility index (Phi) is 7.23. The second kappa shape index (κ2) is 10.3. The van der Waals surface area contributed by atoms with Gasteiger partial charge in [0, 0.05) is 49.2 Å². The number of nitrogens with one attached hydrogen (secondary N) is 1. The van der Waals surface area contributed by atoms with E-state index in [9.17, 15) is 4.79 Å². The lowest BCUT2D eigenvalue weighted by atomic mass is 9.98. The number of piperidine rings is 1. The van der Waals surface area contributed by atoms with Gasteiger partial charge in [-0.1, -0.05) is 12.1 Å². The molecule has 6 nitrogen and oxygen atoms in total. The van der Waals surface area contributed by atoms with Gasteiger partial charge in [-0.3, -0.25) is 9.69 Å². The SMILES string of the molecule is COc1ccc2c(c1)c(CN1CCCC(COc3ccccc3C(=O)NC(C)C)C1)cn2C. The molecule has 3 aromatic rings. The summed E-state index contributed by atoms with van der Waals surface area (Å²) >= 11 is 0. The number of benzene rings is 2. The molecule has 0 spiro atoms. The first-order valence-electron chi connectivity index (χ1n) is 11.8. The monoisotopic (exact) mass is 449 g/mol. The fourth-order valence-electron chi connectivity index (χ4n) is 4.71. The summed E-state index contributed by atoms with van der Waals surface area (Å²) in [6.07, 6.45) is 4.52. The molecule has 2 aromatic carbocycles. The lowest BCUT2D eigenvalue weighted by Gasteiger charge is -2.32. The van der Waals surface area contributed by atoms with Crippen molar-refractivity contribution in [2.24, 2.45) is 13.0 Å². The number of amides is 1. The zero-order chi connectivity index (χ0) is 23.4. The molecule has 1 N–H and O–H groups in total. The van der Waals surface area contributed by atoms with Crippen LogP contribution in [0.3, 0.4) is 0 Å². The quantitative estimate of drug-likeness (QED) is 0.545. The minimum atomic E-state index is -0.0859. The second-order valence-electron chi connectivity index (χ2n) is 9.33. The van der Waals surface area contributed by atoms with Crippen LogP contribution in [-0.4, -0.2) is 48.2 Å². The molecule has 1 amide bonds. The molecule has 0 aliphatic carbocycles. The van der Waals surface area contributed by atoms with E-state index in [0.29, 0.717) is 23.8 Å². The van der Waals surface area contributed by atoms with Crippen LogP contribution in [-0.2, 0) is 13.6 Å². The fourth-order valence-corrected chi connectivity index (χ4v) is 4.71. The Morgan fingerprint density at radius 1 is 1.21 bits per heavy atom. The van der Waals surface area contributed by atoms with Crippen molar-refractivity contribution >= 4 is 16.8 Å². The van der Waals surface area contributed by atoms with E-state index in [2.05, 4.69) is 40.2 Å². The summed E-state index contributed by atoms with van der Waals surface area (Å²) < 4.78 is 13.8. The average Bonchev–Trinajstić information content (AvgIpc) is 3.12. The van der Waals surface area contributed by atoms with Gasteiger partial charge in [-0.25, -0.2) is 0 Å². The third kappa shape index (κ3) is 5.50. The van der Waals surface area contributed by atoms with Crippen LogP contribution in [0.5, 0.6) is 11.5 Å². The average molecular weight is 450 g/mol. The molecule has 1 atom stereocenters. The van der Waals surface area contributed by atoms with Gasteiger partial charge in [-0.15, -0.1) is 0 Å². The summed E-state index contributed by atoms with van der Waals surface area (Å²) in [5.74, 6) is 1.90. The van der Waals surface area contributed by atoms with E-state index >= 15 is 0 Å². The van der Waals surface area contributed by atoms with Crippen LogP contribution in [0.1, 0.15) is 42.6 Å². The van der Waals surface area contributed by atoms with Crippen LogP contribution in [0.4, 0.5) is 0 Å². The smallest absolute Gasteiger partial charge is 0.255 e. The van der Waals surface area contributed by atoms with Gasteiger partial charge in [-0.2, -0.15) is 0 Å². The molecule has 6 heteroatoms. The molecule has 1 aliphatic heterocycles. The number of carbonyl (C=O) groups is 1. The van der Waals surface area contributed by atoms with E-state index in [1.165, 1.54) is 16.5 Å². The van der Waals surface area contributed by atoms with Gasteiger partial charge >= 0.3 is 0 Å². The molecular weight excluding hydrogens is 414 g/mol. The van der Waals surface area contributed by atoms with Crippen molar-refractivity contribution in [2.45, 2.75) is 39.3 Å². The maximum Gasteiger partial charge on any atom is 0.255 e. The third-order valence-electron chi connectivity index (χ3n) is 6.30. The van der Waals surface area contributed by atoms with Crippen molar-refractivity contribution in [2.75, 3.05) is 26.8 Å². The number of methoxy groups -OCH3 is 1. The molecular formula is C27H35N3O3. The fraction of sp³-hybridized carbons (Fsp3) is 0.444. The van der Waals surface area contributed by atoms with E-state index in [1.807, 2.05) is 44.2 Å². The Labute approximate surface area is 196 Å². The summed E-state index contributed by atoms with van der Waals surface area (Å²) in [5, 5.41) is 4.21. The van der Waals surface area contributed by atoms with E-state index in [1.54, 1.807) is 7.11 Å². The molecule has 2 heterocycles. The summed E-state index contributed by atoms with van der Waals surface area (Å²) in [6, 6.07) is 13.9. The van der Waals surface area contributed by atoms with E-state index < -0.39 is 0 Å². The number of carbonyl (C=O) groups excluding carboxylic acids is 1. The molecule has 1 unspecified atom stereocenters. The Hall–Kier alpha value is -2.99. The molecule has 0 saturated carbocycles. The predicted molar refractivity (Wildman–Crippen MR) is 132 cm³/mol. The van der Waals surface area contributed by atoms with Crippen molar-refractivity contribution in [3.05, 3.63) is 59.8 Å². The number of ether oxygens (including phenoxy) is 2. The molecule has 1 aromatic heterocycles. The summed E-state index contributed by atoms with van der Waals surface area (Å²) in [5.41, 5.74) is 3.14. The first-order valence-corrected chi connectivity index (χ1v) is 11.8. The minimum absolute atomic E-state index is 0.0859. The number of hydrogen-bond acceptors (Lipinski definition) is 4. The highest BCUT2D eigenvalue weighted by Crippen LogP contribution is 2.28. The number of aryl methyl sites for hydroxylation is 1. The highest BCUT2D eigenvalue weighted by Gasteiger charge is 2.23. The number of likely N-dealkylation sites (tertiary alicyclic amines) is 1. The molecule has 33 heavy (non-hydrogen) atoms. The Morgan fingerprint density at radius 3 is 2.82 bits per heavy atom. The summed E-state index contributed by atoms with van der Waals surface area (Å²) in [7, 11) is 3.81. The minimum Gasteiger partial charge on any atom is -0.497 e. The van der Waals surface area contributed by atoms with Crippen LogP contribution < -0.4 is 14.8 Å². The molecule has 1 fully saturated rings. The van der Waals surface area contributed by atoms with Gasteiger partial charge in [0.25, 0.3) is 5.91 Å². The third-order valence-corrected chi connectivity index (χ3v) is 6.30. The van der Waals surface area contributed by atoms with Crippen LogP contribution in [0.25, 0.3) is 10.9 Å². The maximum atomic E-state index is 12.5. The number of fused-ring (bicyclic) bond motifs is 1. The van der Waals surface area contributed by atoms with Crippen molar-refractivity contribution < 1.29 is 14.3 Å². The first kappa shape index (κ1) is 23.2. The molecule has 0 radical (unpaired) electrons. The molecule has 4 rings (SSSR count). The van der Waals surface area contributed by atoms with Crippen LogP contribution in [0.15, 0.2) is 48.7 Å². The molecule has 1 aliphatic rings. The second-order valence-corrected chi connectivity index (χ2v) is 9.33. The number of hydrogen-bond donors (Lipinski definition) is 1. The van der Waals surface area contributed by atoms with E-state index in [4.69, 9.17) is 9.47 Å². The molecule has 0 bridgehead atoms. The van der Waals surface area contributed by atoms with Gasteiger partial charge in [0.05, 0.1) is 19.3 Å². The van der Waals surface area contributed by atoms with Gasteiger partial charge < -0.3 is 19.4 Å². The first-order chi connectivity index (χ1) is 15.9. The highest BCUT2D eigenvalue weighted by atomic mass is 16.5. The number of aromatic nitrogens is 1. The Balaban J connectivity index is 1.40. The van der Waals surface area contributed by atoms with E-state index in [0.717, 1.165) is 38.2 Å². The van der Waals surface area contributed by atoms with Crippen LogP contribution >= 0.6 is 0 Å². The van der Waals surface area contributed by atoms with Gasteiger partial charge in [0.15, 0.2) is 0 Å². The Morgan fingerprint density at radius 2 is 2.03 bits per heavy atom. The van der Waals surface area contributed by atoms with Gasteiger partial charge in [0.1, 0.15) is 11.5 Å². The zero-order valence-corrected chi connectivity index (χ0v) is 20.1. The number of para-hydroxylation sites is 1. The van der Waals surface area contributed by atoms with Crippen molar-refractivity contribution in [1.82, 2.24) is 14.8 Å². The van der Waals surface area contributed by atoms with Crippen LogP contribution in [0.2, 0.25) is 0 Å². The topological polar surface area (TPSA) is 55.7 Å². The predicted octanol–water partition coefficient (Wildman–Crippen LogP) is 4.62. The number of rotatable bonds is 8. The van der Waals surface area contributed by atoms with Crippen molar-refractivity contribution in [1.29, 1.82) is 0 Å². The number of nitrogens with zero attached hydrogens (tertiary/aromatic N) is 2. The lowest BCUT2D eigenvalue weighted by Crippen LogP contribution is -2.37.